The van der Waals surface area contributed by atoms with Crippen LogP contribution < -0.4 is 9.64 Å². The summed E-state index contributed by atoms with van der Waals surface area (Å²) in [5.41, 5.74) is 0.425. The second-order valence-electron chi connectivity index (χ2n) is 7.02. The van der Waals surface area contributed by atoms with E-state index in [2.05, 4.69) is 4.98 Å². The standard InChI is InChI=1S/C23H16F3N3O2/c24-23(25,26)18-5-2-1-4-17(18)14-29-21-19(6-3-11-28-21)31-20(22(29)30)12-15-7-9-16(13-27)10-8-15/h1-11,20H,12,14H2. The number of halogens is 3. The molecule has 1 unspecified atom stereocenters. The SMILES string of the molecule is N#Cc1ccc(CC2Oc3cccnc3N(Cc3ccccc3C(F)(F)F)C2=O)cc1. The van der Waals surface area contributed by atoms with Gasteiger partial charge in [0.05, 0.1) is 23.7 Å². The van der Waals surface area contributed by atoms with Crippen LogP contribution in [0.25, 0.3) is 0 Å². The van der Waals surface area contributed by atoms with Crippen molar-refractivity contribution in [1.29, 1.82) is 5.26 Å². The molecular formula is C23H16F3N3O2. The molecule has 0 N–H and O–H groups in total. The van der Waals surface area contributed by atoms with Crippen LogP contribution in [-0.4, -0.2) is 17.0 Å². The van der Waals surface area contributed by atoms with E-state index in [0.29, 0.717) is 11.3 Å². The van der Waals surface area contributed by atoms with Crippen molar-refractivity contribution < 1.29 is 22.7 Å². The lowest BCUT2D eigenvalue weighted by atomic mass is 10.0. The van der Waals surface area contributed by atoms with Gasteiger partial charge in [0.1, 0.15) is 0 Å². The molecule has 0 bridgehead atoms. The van der Waals surface area contributed by atoms with Crippen molar-refractivity contribution in [2.75, 3.05) is 4.90 Å². The topological polar surface area (TPSA) is 66.2 Å². The number of pyridine rings is 1. The van der Waals surface area contributed by atoms with E-state index in [-0.39, 0.29) is 24.3 Å². The second-order valence-corrected chi connectivity index (χ2v) is 7.02. The molecule has 1 atom stereocenters. The lowest BCUT2D eigenvalue weighted by molar-refractivity contribution is -0.138. The number of fused-ring (bicyclic) bond motifs is 1. The predicted octanol–water partition coefficient (Wildman–Crippen LogP) is 4.51. The minimum Gasteiger partial charge on any atom is -0.476 e. The van der Waals surface area contributed by atoms with Crippen molar-refractivity contribution in [3.05, 3.63) is 89.1 Å². The first-order chi connectivity index (χ1) is 14.9. The zero-order chi connectivity index (χ0) is 22.0. The first kappa shape index (κ1) is 20.4. The number of amides is 1. The molecule has 1 aliphatic heterocycles. The van der Waals surface area contributed by atoms with Crippen LogP contribution in [0, 0.1) is 11.3 Å². The van der Waals surface area contributed by atoms with E-state index in [9.17, 15) is 18.0 Å². The number of ether oxygens (including phenoxy) is 1. The Morgan fingerprint density at radius 3 is 2.52 bits per heavy atom. The van der Waals surface area contributed by atoms with Crippen molar-refractivity contribution >= 4 is 11.7 Å². The van der Waals surface area contributed by atoms with Crippen LogP contribution >= 0.6 is 0 Å². The Kier molecular flexibility index (Phi) is 5.34. The maximum atomic E-state index is 13.5. The van der Waals surface area contributed by atoms with Gasteiger partial charge in [0.2, 0.25) is 0 Å². The average molecular weight is 423 g/mol. The highest BCUT2D eigenvalue weighted by molar-refractivity contribution is 5.99. The van der Waals surface area contributed by atoms with Crippen LogP contribution in [-0.2, 0) is 23.9 Å². The normalized spacial score (nSPS) is 15.7. The third-order valence-electron chi connectivity index (χ3n) is 4.97. The van der Waals surface area contributed by atoms with Crippen molar-refractivity contribution in [3.8, 4) is 11.8 Å². The average Bonchev–Trinajstić information content (AvgIpc) is 2.76. The van der Waals surface area contributed by atoms with E-state index >= 15 is 0 Å². The highest BCUT2D eigenvalue weighted by atomic mass is 19.4. The van der Waals surface area contributed by atoms with Crippen LogP contribution in [0.2, 0.25) is 0 Å². The van der Waals surface area contributed by atoms with Crippen LogP contribution in [0.3, 0.4) is 0 Å². The Bertz CT molecular complexity index is 1150. The van der Waals surface area contributed by atoms with Gasteiger partial charge in [-0.25, -0.2) is 4.98 Å². The van der Waals surface area contributed by atoms with Crippen LogP contribution in [0.4, 0.5) is 19.0 Å². The third-order valence-corrected chi connectivity index (χ3v) is 4.97. The Labute approximate surface area is 176 Å². The maximum absolute atomic E-state index is 13.5. The molecule has 8 heteroatoms. The summed E-state index contributed by atoms with van der Waals surface area (Å²) in [6, 6.07) is 17.2. The largest absolute Gasteiger partial charge is 0.476 e. The molecule has 1 aliphatic rings. The smallest absolute Gasteiger partial charge is 0.416 e. The van der Waals surface area contributed by atoms with Crippen molar-refractivity contribution in [2.24, 2.45) is 0 Å². The van der Waals surface area contributed by atoms with Gasteiger partial charge in [-0.05, 0) is 41.5 Å². The maximum Gasteiger partial charge on any atom is 0.416 e. The fourth-order valence-corrected chi connectivity index (χ4v) is 3.48. The number of alkyl halides is 3. The molecule has 2 heterocycles. The van der Waals surface area contributed by atoms with Crippen LogP contribution in [0.15, 0.2) is 66.9 Å². The zero-order valence-corrected chi connectivity index (χ0v) is 16.1. The summed E-state index contributed by atoms with van der Waals surface area (Å²) < 4.78 is 46.2. The molecule has 0 saturated carbocycles. The highest BCUT2D eigenvalue weighted by Gasteiger charge is 2.38. The summed E-state index contributed by atoms with van der Waals surface area (Å²) in [6.07, 6.45) is -3.81. The molecular weight excluding hydrogens is 407 g/mol. The second kappa shape index (κ2) is 8.11. The number of hydrogen-bond acceptors (Lipinski definition) is 4. The van der Waals surface area contributed by atoms with E-state index < -0.39 is 23.8 Å². The monoisotopic (exact) mass is 423 g/mol. The van der Waals surface area contributed by atoms with Gasteiger partial charge in [0.25, 0.3) is 5.91 Å². The minimum absolute atomic E-state index is 0.0287. The molecule has 156 valence electrons. The van der Waals surface area contributed by atoms with Crippen molar-refractivity contribution in [1.82, 2.24) is 4.98 Å². The number of rotatable bonds is 4. The number of anilines is 1. The molecule has 4 rings (SSSR count). The van der Waals surface area contributed by atoms with Gasteiger partial charge in [0, 0.05) is 12.6 Å². The predicted molar refractivity (Wildman–Crippen MR) is 106 cm³/mol. The molecule has 0 spiro atoms. The summed E-state index contributed by atoms with van der Waals surface area (Å²) in [6.45, 7) is -0.286. The molecule has 1 amide bonds. The van der Waals surface area contributed by atoms with Gasteiger partial charge in [-0.2, -0.15) is 18.4 Å². The molecule has 2 aromatic carbocycles. The molecule has 0 radical (unpaired) electrons. The number of carbonyl (C=O) groups excluding carboxylic acids is 1. The number of aromatic nitrogens is 1. The Balaban J connectivity index is 1.67. The number of nitriles is 1. The molecule has 0 saturated heterocycles. The van der Waals surface area contributed by atoms with Crippen molar-refractivity contribution in [3.63, 3.8) is 0 Å². The summed E-state index contributed by atoms with van der Waals surface area (Å²) in [7, 11) is 0. The Morgan fingerprint density at radius 1 is 1.06 bits per heavy atom. The van der Waals surface area contributed by atoms with Crippen LogP contribution in [0.5, 0.6) is 5.75 Å². The first-order valence-corrected chi connectivity index (χ1v) is 9.44. The summed E-state index contributed by atoms with van der Waals surface area (Å²) >= 11 is 0. The molecule has 0 fully saturated rings. The first-order valence-electron chi connectivity index (χ1n) is 9.44. The number of hydrogen-bond donors (Lipinski definition) is 0. The minimum atomic E-state index is -4.54. The number of nitrogens with zero attached hydrogens (tertiary/aromatic N) is 3. The number of carbonyl (C=O) groups is 1. The van der Waals surface area contributed by atoms with E-state index in [1.165, 1.54) is 29.3 Å². The Morgan fingerprint density at radius 2 is 1.81 bits per heavy atom. The zero-order valence-electron chi connectivity index (χ0n) is 16.1. The van der Waals surface area contributed by atoms with Gasteiger partial charge < -0.3 is 4.74 Å². The quantitative estimate of drug-likeness (QED) is 0.619. The molecule has 3 aromatic rings. The Hall–Kier alpha value is -3.86. The van der Waals surface area contributed by atoms with E-state index in [1.807, 2.05) is 6.07 Å². The molecule has 31 heavy (non-hydrogen) atoms. The molecule has 1 aromatic heterocycles. The summed E-state index contributed by atoms with van der Waals surface area (Å²) in [4.78, 5) is 18.6. The van der Waals surface area contributed by atoms with Crippen molar-refractivity contribution in [2.45, 2.75) is 25.2 Å². The van der Waals surface area contributed by atoms with E-state index in [0.717, 1.165) is 11.6 Å². The number of benzene rings is 2. The van der Waals surface area contributed by atoms with E-state index in [4.69, 9.17) is 10.00 Å². The van der Waals surface area contributed by atoms with Gasteiger partial charge in [-0.15, -0.1) is 0 Å². The van der Waals surface area contributed by atoms with Crippen LogP contribution in [0.1, 0.15) is 22.3 Å². The summed E-state index contributed by atoms with van der Waals surface area (Å²) in [5.74, 6) is 0.0262. The summed E-state index contributed by atoms with van der Waals surface area (Å²) in [5, 5.41) is 8.93. The lowest BCUT2D eigenvalue weighted by Gasteiger charge is -2.34. The highest BCUT2D eigenvalue weighted by Crippen LogP contribution is 2.36. The van der Waals surface area contributed by atoms with Gasteiger partial charge >= 0.3 is 6.18 Å². The third kappa shape index (κ3) is 4.21. The fraction of sp³-hybridized carbons (Fsp3) is 0.174. The van der Waals surface area contributed by atoms with E-state index in [1.54, 1.807) is 36.4 Å². The molecule has 5 nitrogen and oxygen atoms in total. The molecule has 0 aliphatic carbocycles. The van der Waals surface area contributed by atoms with Gasteiger partial charge in [-0.1, -0.05) is 30.3 Å². The van der Waals surface area contributed by atoms with Gasteiger partial charge in [-0.3, -0.25) is 9.69 Å². The fourth-order valence-electron chi connectivity index (χ4n) is 3.48. The lowest BCUT2D eigenvalue weighted by Crippen LogP contribution is -2.47. The van der Waals surface area contributed by atoms with Gasteiger partial charge in [0.15, 0.2) is 17.7 Å².